The number of guanidine groups is 1. The highest BCUT2D eigenvalue weighted by Crippen LogP contribution is 2.24. The van der Waals surface area contributed by atoms with Crippen LogP contribution in [0.2, 0.25) is 0 Å². The second-order valence-corrected chi connectivity index (χ2v) is 6.89. The van der Waals surface area contributed by atoms with Crippen molar-refractivity contribution in [1.29, 1.82) is 0 Å². The van der Waals surface area contributed by atoms with Gasteiger partial charge in [-0.05, 0) is 44.7 Å². The van der Waals surface area contributed by atoms with Gasteiger partial charge in [0, 0.05) is 38.8 Å². The highest BCUT2D eigenvalue weighted by molar-refractivity contribution is 5.79. The molecular weight excluding hydrogens is 342 g/mol. The SMILES string of the molecule is CCNC(=NCc1ccc(C)cc1OC1CCOC1)NCCCCCOC. The molecule has 1 aliphatic rings. The maximum absolute atomic E-state index is 6.17. The minimum Gasteiger partial charge on any atom is -0.488 e. The molecule has 2 rings (SSSR count). The number of nitrogens with one attached hydrogen (secondary N) is 2. The minimum atomic E-state index is 0.146. The van der Waals surface area contributed by atoms with Gasteiger partial charge in [-0.25, -0.2) is 4.99 Å². The number of unbranched alkanes of at least 4 members (excludes halogenated alkanes) is 2. The van der Waals surface area contributed by atoms with E-state index in [9.17, 15) is 0 Å². The molecule has 1 fully saturated rings. The Morgan fingerprint density at radius 1 is 1.26 bits per heavy atom. The lowest BCUT2D eigenvalue weighted by atomic mass is 10.1. The molecule has 0 radical (unpaired) electrons. The highest BCUT2D eigenvalue weighted by Gasteiger charge is 2.18. The van der Waals surface area contributed by atoms with E-state index < -0.39 is 0 Å². The third-order valence-electron chi connectivity index (χ3n) is 4.47. The molecule has 0 bridgehead atoms. The third-order valence-corrected chi connectivity index (χ3v) is 4.47. The van der Waals surface area contributed by atoms with Crippen LogP contribution in [-0.4, -0.2) is 52.1 Å². The van der Waals surface area contributed by atoms with E-state index in [4.69, 9.17) is 19.2 Å². The standard InChI is InChI=1S/C21H35N3O3/c1-4-22-21(23-11-6-5-7-12-25-3)24-15-18-9-8-17(2)14-20(18)27-19-10-13-26-16-19/h8-9,14,19H,4-7,10-13,15-16H2,1-3H3,(H2,22,23,24). The zero-order chi connectivity index (χ0) is 19.3. The van der Waals surface area contributed by atoms with Crippen LogP contribution < -0.4 is 15.4 Å². The summed E-state index contributed by atoms with van der Waals surface area (Å²) in [4.78, 5) is 4.74. The number of hydrogen-bond acceptors (Lipinski definition) is 4. The average molecular weight is 378 g/mol. The smallest absolute Gasteiger partial charge is 0.191 e. The van der Waals surface area contributed by atoms with Crippen LogP contribution >= 0.6 is 0 Å². The molecule has 1 heterocycles. The van der Waals surface area contributed by atoms with Crippen molar-refractivity contribution in [1.82, 2.24) is 10.6 Å². The summed E-state index contributed by atoms with van der Waals surface area (Å²) in [6, 6.07) is 6.32. The number of ether oxygens (including phenoxy) is 3. The quantitative estimate of drug-likeness (QED) is 0.353. The maximum atomic E-state index is 6.17. The molecule has 1 unspecified atom stereocenters. The van der Waals surface area contributed by atoms with Crippen LogP contribution in [0.1, 0.15) is 43.7 Å². The first-order chi connectivity index (χ1) is 13.2. The van der Waals surface area contributed by atoms with Crippen molar-refractivity contribution in [2.24, 2.45) is 4.99 Å². The maximum Gasteiger partial charge on any atom is 0.191 e. The van der Waals surface area contributed by atoms with Gasteiger partial charge >= 0.3 is 0 Å². The van der Waals surface area contributed by atoms with Crippen molar-refractivity contribution >= 4 is 5.96 Å². The monoisotopic (exact) mass is 377 g/mol. The number of nitrogens with zero attached hydrogens (tertiary/aromatic N) is 1. The van der Waals surface area contributed by atoms with E-state index in [1.807, 2.05) is 0 Å². The van der Waals surface area contributed by atoms with E-state index in [1.54, 1.807) is 7.11 Å². The fourth-order valence-electron chi connectivity index (χ4n) is 2.95. The molecule has 1 aromatic rings. The predicted octanol–water partition coefficient (Wildman–Crippen LogP) is 3.03. The van der Waals surface area contributed by atoms with Crippen molar-refractivity contribution < 1.29 is 14.2 Å². The first-order valence-electron chi connectivity index (χ1n) is 10.1. The molecule has 0 aromatic heterocycles. The molecular formula is C21H35N3O3. The molecule has 152 valence electrons. The summed E-state index contributed by atoms with van der Waals surface area (Å²) in [7, 11) is 1.75. The number of methoxy groups -OCH3 is 1. The molecule has 2 N–H and O–H groups in total. The Kier molecular flexibility index (Phi) is 10.0. The van der Waals surface area contributed by atoms with E-state index in [2.05, 4.69) is 42.7 Å². The summed E-state index contributed by atoms with van der Waals surface area (Å²) in [5.74, 6) is 1.77. The van der Waals surface area contributed by atoms with Gasteiger partial charge in [0.2, 0.25) is 0 Å². The molecule has 6 nitrogen and oxygen atoms in total. The van der Waals surface area contributed by atoms with Gasteiger partial charge in [0.05, 0.1) is 19.8 Å². The molecule has 1 atom stereocenters. The summed E-state index contributed by atoms with van der Waals surface area (Å²) in [6.45, 7) is 8.78. The molecule has 1 aliphatic heterocycles. The zero-order valence-electron chi connectivity index (χ0n) is 17.1. The first kappa shape index (κ1) is 21.5. The van der Waals surface area contributed by atoms with E-state index in [0.717, 1.165) is 69.3 Å². The topological polar surface area (TPSA) is 64.1 Å². The Bertz CT molecular complexity index is 572. The van der Waals surface area contributed by atoms with Gasteiger partial charge < -0.3 is 24.8 Å². The summed E-state index contributed by atoms with van der Waals surface area (Å²) in [5, 5.41) is 6.72. The van der Waals surface area contributed by atoms with Gasteiger partial charge in [-0.15, -0.1) is 0 Å². The minimum absolute atomic E-state index is 0.146. The Morgan fingerprint density at radius 3 is 2.89 bits per heavy atom. The molecule has 0 amide bonds. The Hall–Kier alpha value is -1.79. The molecule has 0 saturated carbocycles. The van der Waals surface area contributed by atoms with E-state index >= 15 is 0 Å². The normalized spacial score (nSPS) is 17.1. The Balaban J connectivity index is 1.91. The summed E-state index contributed by atoms with van der Waals surface area (Å²) < 4.78 is 16.7. The largest absolute Gasteiger partial charge is 0.488 e. The van der Waals surface area contributed by atoms with Gasteiger partial charge in [-0.1, -0.05) is 12.1 Å². The highest BCUT2D eigenvalue weighted by atomic mass is 16.5. The Morgan fingerprint density at radius 2 is 2.15 bits per heavy atom. The van der Waals surface area contributed by atoms with E-state index in [-0.39, 0.29) is 6.10 Å². The van der Waals surface area contributed by atoms with Crippen molar-refractivity contribution in [3.05, 3.63) is 29.3 Å². The van der Waals surface area contributed by atoms with Crippen LogP contribution in [-0.2, 0) is 16.0 Å². The van der Waals surface area contributed by atoms with Crippen LogP contribution in [0.3, 0.4) is 0 Å². The van der Waals surface area contributed by atoms with Crippen LogP contribution in [0.15, 0.2) is 23.2 Å². The fraction of sp³-hybridized carbons (Fsp3) is 0.667. The van der Waals surface area contributed by atoms with Gasteiger partial charge in [-0.2, -0.15) is 0 Å². The molecule has 0 spiro atoms. The van der Waals surface area contributed by atoms with Gasteiger partial charge in [0.15, 0.2) is 5.96 Å². The number of aryl methyl sites for hydroxylation is 1. The van der Waals surface area contributed by atoms with Crippen molar-refractivity contribution in [3.63, 3.8) is 0 Å². The first-order valence-corrected chi connectivity index (χ1v) is 10.1. The average Bonchev–Trinajstić information content (AvgIpc) is 3.16. The van der Waals surface area contributed by atoms with Crippen LogP contribution in [0.5, 0.6) is 5.75 Å². The van der Waals surface area contributed by atoms with E-state index in [1.165, 1.54) is 5.56 Å². The Labute approximate surface area is 163 Å². The molecule has 27 heavy (non-hydrogen) atoms. The predicted molar refractivity (Wildman–Crippen MR) is 110 cm³/mol. The lowest BCUT2D eigenvalue weighted by Crippen LogP contribution is -2.37. The van der Waals surface area contributed by atoms with E-state index in [0.29, 0.717) is 13.2 Å². The van der Waals surface area contributed by atoms with Gasteiger partial charge in [0.1, 0.15) is 11.9 Å². The summed E-state index contributed by atoms with van der Waals surface area (Å²) in [5.41, 5.74) is 2.29. The second kappa shape index (κ2) is 12.6. The molecule has 1 saturated heterocycles. The number of aliphatic imine (C=N–C) groups is 1. The van der Waals surface area contributed by atoms with Crippen molar-refractivity contribution in [2.75, 3.05) is 40.0 Å². The third kappa shape index (κ3) is 8.18. The molecule has 0 aliphatic carbocycles. The number of rotatable bonds is 11. The van der Waals surface area contributed by atoms with Crippen LogP contribution in [0.25, 0.3) is 0 Å². The fourth-order valence-corrected chi connectivity index (χ4v) is 2.95. The van der Waals surface area contributed by atoms with Crippen molar-refractivity contribution in [3.8, 4) is 5.75 Å². The summed E-state index contributed by atoms with van der Waals surface area (Å²) in [6.07, 6.45) is 4.45. The van der Waals surface area contributed by atoms with Crippen LogP contribution in [0.4, 0.5) is 0 Å². The molecule has 1 aromatic carbocycles. The zero-order valence-corrected chi connectivity index (χ0v) is 17.1. The van der Waals surface area contributed by atoms with Gasteiger partial charge in [0.25, 0.3) is 0 Å². The number of hydrogen-bond donors (Lipinski definition) is 2. The summed E-state index contributed by atoms with van der Waals surface area (Å²) >= 11 is 0. The van der Waals surface area contributed by atoms with Crippen molar-refractivity contribution in [2.45, 2.75) is 52.2 Å². The molecule has 6 heteroatoms. The lowest BCUT2D eigenvalue weighted by Gasteiger charge is -2.16. The second-order valence-electron chi connectivity index (χ2n) is 6.89. The lowest BCUT2D eigenvalue weighted by molar-refractivity contribution is 0.140. The number of benzene rings is 1. The van der Waals surface area contributed by atoms with Crippen LogP contribution in [0, 0.1) is 6.92 Å². The van der Waals surface area contributed by atoms with Gasteiger partial charge in [-0.3, -0.25) is 0 Å².